The fraction of sp³-hybridized carbons (Fsp3) is 0.714. The molecule has 4 heteroatoms. The fourth-order valence-corrected chi connectivity index (χ4v) is 4.90. The Bertz CT molecular complexity index is 557. The Balaban J connectivity index is 1.81. The van der Waals surface area contributed by atoms with E-state index in [1.54, 1.807) is 0 Å². The largest absolute Gasteiger partial charge is 0.389 e. The minimum atomic E-state index is -0.589. The van der Waals surface area contributed by atoms with Gasteiger partial charge in [-0.05, 0) is 64.0 Å². The Morgan fingerprint density at radius 1 is 1.24 bits per heavy atom. The molecule has 3 rings (SSSR count). The lowest BCUT2D eigenvalue weighted by molar-refractivity contribution is -0.0344. The van der Waals surface area contributed by atoms with E-state index in [0.29, 0.717) is 6.04 Å². The molecule has 0 amide bonds. The zero-order chi connectivity index (χ0) is 17.9. The molecule has 3 nitrogen and oxygen atoms in total. The van der Waals surface area contributed by atoms with Gasteiger partial charge in [-0.15, -0.1) is 0 Å². The van der Waals surface area contributed by atoms with E-state index in [4.69, 9.17) is 11.6 Å². The number of hydrogen-bond acceptors (Lipinski definition) is 3. The molecule has 25 heavy (non-hydrogen) atoms. The molecule has 0 radical (unpaired) electrons. The summed E-state index contributed by atoms with van der Waals surface area (Å²) in [5, 5.41) is 12.3. The molecule has 1 aromatic carbocycles. The lowest BCUT2D eigenvalue weighted by Crippen LogP contribution is -2.50. The number of aliphatic hydroxyl groups is 1. The first-order chi connectivity index (χ1) is 12.0. The van der Waals surface area contributed by atoms with Gasteiger partial charge in [-0.3, -0.25) is 0 Å². The van der Waals surface area contributed by atoms with Crippen LogP contribution in [0.25, 0.3) is 0 Å². The first-order valence-electron chi connectivity index (χ1n) is 9.84. The number of likely N-dealkylation sites (tertiary alicyclic amines) is 1. The summed E-state index contributed by atoms with van der Waals surface area (Å²) in [7, 11) is 4.36. The fourth-order valence-electron chi connectivity index (χ4n) is 4.70. The van der Waals surface area contributed by atoms with Gasteiger partial charge in [0.15, 0.2) is 0 Å². The van der Waals surface area contributed by atoms with Crippen LogP contribution < -0.4 is 0 Å². The van der Waals surface area contributed by atoms with Gasteiger partial charge in [0, 0.05) is 30.1 Å². The summed E-state index contributed by atoms with van der Waals surface area (Å²) < 4.78 is 0. The summed E-state index contributed by atoms with van der Waals surface area (Å²) in [5.41, 5.74) is 0.609. The number of benzene rings is 1. The number of nitrogens with zero attached hydrogens (tertiary/aromatic N) is 2. The molecular weight excluding hydrogens is 332 g/mol. The number of rotatable bonds is 5. The van der Waals surface area contributed by atoms with Crippen LogP contribution in [0.1, 0.15) is 56.4 Å². The molecule has 140 valence electrons. The number of hydrogen-bond donors (Lipinski definition) is 1. The van der Waals surface area contributed by atoms with E-state index in [2.05, 4.69) is 36.0 Å². The molecule has 1 aromatic rings. The third-order valence-electron chi connectivity index (χ3n) is 6.27. The molecule has 1 heterocycles. The zero-order valence-electron chi connectivity index (χ0n) is 15.8. The standard InChI is InChI=1S/C21H33ClN2O/c1-23(2)19-10-7-13-24(15-19)16-20(17-8-6-9-18(22)14-17)21(25)11-4-3-5-12-21/h6,8-9,14,19-20,25H,3-5,7,10-13,15-16H2,1-2H3/t19-,20?/m0/s1. The number of piperidine rings is 1. The summed E-state index contributed by atoms with van der Waals surface area (Å²) in [5.74, 6) is 0.146. The van der Waals surface area contributed by atoms with Gasteiger partial charge >= 0.3 is 0 Å². The zero-order valence-corrected chi connectivity index (χ0v) is 16.5. The Labute approximate surface area is 158 Å². The highest BCUT2D eigenvalue weighted by molar-refractivity contribution is 6.30. The van der Waals surface area contributed by atoms with E-state index in [0.717, 1.165) is 50.3 Å². The van der Waals surface area contributed by atoms with Gasteiger partial charge in [-0.1, -0.05) is 43.0 Å². The van der Waals surface area contributed by atoms with Crippen molar-refractivity contribution in [1.29, 1.82) is 0 Å². The molecule has 1 unspecified atom stereocenters. The topological polar surface area (TPSA) is 26.7 Å². The van der Waals surface area contributed by atoms with Crippen LogP contribution in [0, 0.1) is 0 Å². The normalized spacial score (nSPS) is 25.9. The molecule has 2 atom stereocenters. The van der Waals surface area contributed by atoms with E-state index < -0.39 is 5.60 Å². The first kappa shape index (κ1) is 19.2. The quantitative estimate of drug-likeness (QED) is 0.850. The minimum absolute atomic E-state index is 0.146. The van der Waals surface area contributed by atoms with Crippen molar-refractivity contribution in [2.75, 3.05) is 33.7 Å². The van der Waals surface area contributed by atoms with Crippen molar-refractivity contribution in [2.24, 2.45) is 0 Å². The van der Waals surface area contributed by atoms with Gasteiger partial charge in [0.25, 0.3) is 0 Å². The Kier molecular flexibility index (Phi) is 6.43. The smallest absolute Gasteiger partial charge is 0.0728 e. The predicted octanol–water partition coefficient (Wildman–Crippen LogP) is 4.14. The van der Waals surface area contributed by atoms with Gasteiger partial charge in [-0.2, -0.15) is 0 Å². The van der Waals surface area contributed by atoms with Crippen LogP contribution in [-0.2, 0) is 0 Å². The minimum Gasteiger partial charge on any atom is -0.389 e. The summed E-state index contributed by atoms with van der Waals surface area (Å²) in [4.78, 5) is 4.90. The maximum atomic E-state index is 11.5. The third-order valence-corrected chi connectivity index (χ3v) is 6.51. The Morgan fingerprint density at radius 3 is 2.68 bits per heavy atom. The predicted molar refractivity (Wildman–Crippen MR) is 105 cm³/mol. The van der Waals surface area contributed by atoms with Crippen LogP contribution in [0.4, 0.5) is 0 Å². The van der Waals surface area contributed by atoms with Crippen molar-refractivity contribution in [1.82, 2.24) is 9.80 Å². The molecule has 2 fully saturated rings. The third kappa shape index (κ3) is 4.77. The molecule has 0 bridgehead atoms. The summed E-state index contributed by atoms with van der Waals surface area (Å²) in [6.45, 7) is 3.17. The van der Waals surface area contributed by atoms with Crippen LogP contribution in [0.5, 0.6) is 0 Å². The molecule has 1 saturated carbocycles. The number of likely N-dealkylation sites (N-methyl/N-ethyl adjacent to an activating group) is 1. The summed E-state index contributed by atoms with van der Waals surface area (Å²) in [6.07, 6.45) is 7.85. The second-order valence-corrected chi connectivity index (χ2v) is 8.73. The van der Waals surface area contributed by atoms with Crippen LogP contribution >= 0.6 is 11.6 Å². The first-order valence-corrected chi connectivity index (χ1v) is 10.2. The van der Waals surface area contributed by atoms with E-state index in [9.17, 15) is 5.11 Å². The molecule has 1 saturated heterocycles. The lowest BCUT2D eigenvalue weighted by atomic mass is 9.72. The van der Waals surface area contributed by atoms with Crippen LogP contribution in [0.2, 0.25) is 5.02 Å². The average molecular weight is 365 g/mol. The van der Waals surface area contributed by atoms with E-state index in [1.807, 2.05) is 12.1 Å². The monoisotopic (exact) mass is 364 g/mol. The van der Waals surface area contributed by atoms with E-state index in [1.165, 1.54) is 24.8 Å². The molecule has 0 aromatic heterocycles. The van der Waals surface area contributed by atoms with Gasteiger partial charge in [0.1, 0.15) is 0 Å². The van der Waals surface area contributed by atoms with Gasteiger partial charge < -0.3 is 14.9 Å². The molecule has 1 aliphatic carbocycles. The van der Waals surface area contributed by atoms with Crippen molar-refractivity contribution < 1.29 is 5.11 Å². The van der Waals surface area contributed by atoms with Crippen molar-refractivity contribution in [2.45, 2.75) is 62.5 Å². The summed E-state index contributed by atoms with van der Waals surface area (Å²) >= 11 is 6.28. The highest BCUT2D eigenvalue weighted by Gasteiger charge is 2.40. The van der Waals surface area contributed by atoms with E-state index in [-0.39, 0.29) is 5.92 Å². The summed E-state index contributed by atoms with van der Waals surface area (Å²) in [6, 6.07) is 8.78. The van der Waals surface area contributed by atoms with Crippen molar-refractivity contribution in [3.63, 3.8) is 0 Å². The van der Waals surface area contributed by atoms with Gasteiger partial charge in [0.2, 0.25) is 0 Å². The number of halogens is 1. The second kappa shape index (κ2) is 8.39. The van der Waals surface area contributed by atoms with Crippen molar-refractivity contribution in [3.05, 3.63) is 34.9 Å². The van der Waals surface area contributed by atoms with Gasteiger partial charge in [0.05, 0.1) is 5.60 Å². The molecule has 1 N–H and O–H groups in total. The molecule has 1 aliphatic heterocycles. The maximum Gasteiger partial charge on any atom is 0.0728 e. The molecule has 0 spiro atoms. The highest BCUT2D eigenvalue weighted by atomic mass is 35.5. The highest BCUT2D eigenvalue weighted by Crippen LogP contribution is 2.41. The van der Waals surface area contributed by atoms with Crippen molar-refractivity contribution >= 4 is 11.6 Å². The van der Waals surface area contributed by atoms with E-state index >= 15 is 0 Å². The Morgan fingerprint density at radius 2 is 2.00 bits per heavy atom. The SMILES string of the molecule is CN(C)[C@H]1CCCN(CC(c2cccc(Cl)c2)C2(O)CCCCC2)C1. The molecule has 2 aliphatic rings. The van der Waals surface area contributed by atoms with Crippen LogP contribution in [0.15, 0.2) is 24.3 Å². The Hall–Kier alpha value is -0.610. The maximum absolute atomic E-state index is 11.5. The second-order valence-electron chi connectivity index (χ2n) is 8.29. The lowest BCUT2D eigenvalue weighted by Gasteiger charge is -2.44. The van der Waals surface area contributed by atoms with Crippen molar-refractivity contribution in [3.8, 4) is 0 Å². The van der Waals surface area contributed by atoms with Crippen LogP contribution in [0.3, 0.4) is 0 Å². The van der Waals surface area contributed by atoms with Crippen LogP contribution in [-0.4, -0.2) is 60.3 Å². The average Bonchev–Trinajstić information content (AvgIpc) is 2.60. The van der Waals surface area contributed by atoms with Gasteiger partial charge in [-0.25, -0.2) is 0 Å². The molecular formula is C21H33ClN2O.